The van der Waals surface area contributed by atoms with Gasteiger partial charge in [0.15, 0.2) is 0 Å². The van der Waals surface area contributed by atoms with Crippen molar-refractivity contribution in [1.82, 2.24) is 15.6 Å². The maximum Gasteiger partial charge on any atom is 0.219 e. The molecule has 0 spiro atoms. The Kier molecular flexibility index (Phi) is 7.16. The molecule has 7 heteroatoms. The minimum absolute atomic E-state index is 0.162. The number of allylic oxidation sites excluding steroid dienone is 4. The second kappa shape index (κ2) is 9.56. The van der Waals surface area contributed by atoms with Gasteiger partial charge in [0.2, 0.25) is 5.91 Å². The van der Waals surface area contributed by atoms with Crippen molar-refractivity contribution < 1.29 is 9.90 Å². The molecule has 0 radical (unpaired) electrons. The molecule has 27 heavy (non-hydrogen) atoms. The van der Waals surface area contributed by atoms with Crippen molar-refractivity contribution in [2.45, 2.75) is 33.7 Å². The Morgan fingerprint density at radius 3 is 2.93 bits per heavy atom. The number of primary amides is 1. The molecule has 0 saturated heterocycles. The number of aryl methyl sites for hydroxylation is 1. The second-order valence-electron chi connectivity index (χ2n) is 6.52. The van der Waals surface area contributed by atoms with Crippen LogP contribution in [0.15, 0.2) is 52.3 Å². The van der Waals surface area contributed by atoms with E-state index in [-0.39, 0.29) is 18.1 Å². The van der Waals surface area contributed by atoms with Crippen molar-refractivity contribution in [2.24, 2.45) is 16.6 Å². The van der Waals surface area contributed by atoms with Crippen LogP contribution in [0, 0.1) is 12.8 Å². The molecule has 0 saturated carbocycles. The zero-order valence-corrected chi connectivity index (χ0v) is 16.0. The summed E-state index contributed by atoms with van der Waals surface area (Å²) in [5.74, 6) is 0.0781. The summed E-state index contributed by atoms with van der Waals surface area (Å²) < 4.78 is 0. The van der Waals surface area contributed by atoms with Crippen LogP contribution in [-0.2, 0) is 11.3 Å². The summed E-state index contributed by atoms with van der Waals surface area (Å²) in [6.07, 6.45) is 8.03. The van der Waals surface area contributed by atoms with E-state index in [1.807, 2.05) is 19.9 Å². The summed E-state index contributed by atoms with van der Waals surface area (Å²) in [6, 6.07) is 3.42. The summed E-state index contributed by atoms with van der Waals surface area (Å²) in [5, 5.41) is 16.5. The van der Waals surface area contributed by atoms with Crippen LogP contribution >= 0.6 is 0 Å². The largest absolute Gasteiger partial charge is 0.506 e. The molecule has 2 rings (SSSR count). The SMILES string of the molecule is CC1=CC(C)C=CC(NCc2nc(C)ccc2O)=C1NC=NCCC(N)=O. The van der Waals surface area contributed by atoms with Crippen LogP contribution in [0.2, 0.25) is 0 Å². The monoisotopic (exact) mass is 369 g/mol. The maximum atomic E-state index is 10.8. The highest BCUT2D eigenvalue weighted by atomic mass is 16.3. The minimum Gasteiger partial charge on any atom is -0.506 e. The molecule has 1 atom stereocenters. The molecular formula is C20H27N5O2. The van der Waals surface area contributed by atoms with Gasteiger partial charge in [-0.25, -0.2) is 0 Å². The lowest BCUT2D eigenvalue weighted by atomic mass is 10.1. The average Bonchev–Trinajstić information content (AvgIpc) is 2.73. The minimum atomic E-state index is -0.374. The molecule has 5 N–H and O–H groups in total. The smallest absolute Gasteiger partial charge is 0.219 e. The topological polar surface area (TPSA) is 113 Å². The summed E-state index contributed by atoms with van der Waals surface area (Å²) in [6.45, 7) is 6.74. The molecule has 1 aromatic rings. The Morgan fingerprint density at radius 1 is 1.41 bits per heavy atom. The standard InChI is InChI=1S/C20H27N5O2/c1-13-4-6-16(23-11-17-18(26)7-5-15(3)25-17)20(14(2)10-13)24-12-22-9-8-19(21)27/h4-7,10,12-13,23,26H,8-9,11H2,1-3H3,(H2,21,27)(H,22,24). The van der Waals surface area contributed by atoms with Gasteiger partial charge in [-0.1, -0.05) is 19.1 Å². The average molecular weight is 369 g/mol. The number of rotatable bonds is 8. The zero-order valence-electron chi connectivity index (χ0n) is 16.0. The van der Waals surface area contributed by atoms with Gasteiger partial charge in [-0.05, 0) is 43.5 Å². The fourth-order valence-corrected chi connectivity index (χ4v) is 2.68. The molecule has 1 aliphatic rings. The molecule has 144 valence electrons. The number of aliphatic imine (C=N–C) groups is 1. The number of carbonyl (C=O) groups is 1. The Balaban J connectivity index is 2.17. The molecular weight excluding hydrogens is 342 g/mol. The predicted molar refractivity (Wildman–Crippen MR) is 107 cm³/mol. The van der Waals surface area contributed by atoms with Crippen LogP contribution in [0.5, 0.6) is 5.75 Å². The number of amides is 1. The third-order valence-electron chi connectivity index (χ3n) is 4.07. The lowest BCUT2D eigenvalue weighted by Crippen LogP contribution is -2.22. The zero-order chi connectivity index (χ0) is 19.8. The van der Waals surface area contributed by atoms with Gasteiger partial charge in [-0.3, -0.25) is 14.8 Å². The maximum absolute atomic E-state index is 10.8. The quantitative estimate of drug-likeness (QED) is 0.414. The highest BCUT2D eigenvalue weighted by Gasteiger charge is 2.12. The lowest BCUT2D eigenvalue weighted by molar-refractivity contribution is -0.117. The molecule has 1 aliphatic carbocycles. The van der Waals surface area contributed by atoms with E-state index in [9.17, 15) is 9.90 Å². The lowest BCUT2D eigenvalue weighted by Gasteiger charge is -2.15. The van der Waals surface area contributed by atoms with Gasteiger partial charge in [0.25, 0.3) is 0 Å². The van der Waals surface area contributed by atoms with Crippen LogP contribution in [0.4, 0.5) is 0 Å². The molecule has 1 heterocycles. The molecule has 0 aliphatic heterocycles. The van der Waals surface area contributed by atoms with Crippen LogP contribution in [0.25, 0.3) is 0 Å². The Bertz CT molecular complexity index is 809. The first-order valence-electron chi connectivity index (χ1n) is 8.90. The van der Waals surface area contributed by atoms with Crippen molar-refractivity contribution in [3.8, 4) is 5.75 Å². The van der Waals surface area contributed by atoms with Gasteiger partial charge in [0.05, 0.1) is 24.3 Å². The normalized spacial score (nSPS) is 17.0. The molecule has 1 amide bonds. The fraction of sp³-hybridized carbons (Fsp3) is 0.350. The Hall–Kier alpha value is -3.09. The number of aromatic hydroxyl groups is 1. The van der Waals surface area contributed by atoms with Gasteiger partial charge in [0, 0.05) is 18.7 Å². The number of nitrogens with one attached hydrogen (secondary N) is 2. The van der Waals surface area contributed by atoms with Crippen molar-refractivity contribution in [3.05, 3.63) is 58.7 Å². The highest BCUT2D eigenvalue weighted by Crippen LogP contribution is 2.20. The van der Waals surface area contributed by atoms with Crippen LogP contribution in [-0.4, -0.2) is 28.9 Å². The number of hydrogen-bond acceptors (Lipinski definition) is 5. The number of nitrogens with zero attached hydrogens (tertiary/aromatic N) is 2. The van der Waals surface area contributed by atoms with E-state index in [2.05, 4.69) is 39.7 Å². The van der Waals surface area contributed by atoms with Gasteiger partial charge >= 0.3 is 0 Å². The van der Waals surface area contributed by atoms with E-state index in [0.717, 1.165) is 22.7 Å². The van der Waals surface area contributed by atoms with Crippen molar-refractivity contribution in [2.75, 3.05) is 6.54 Å². The third kappa shape index (κ3) is 6.29. The first kappa shape index (κ1) is 20.2. The Labute approximate surface area is 159 Å². The first-order valence-corrected chi connectivity index (χ1v) is 8.90. The van der Waals surface area contributed by atoms with E-state index in [1.54, 1.807) is 18.5 Å². The number of carbonyl (C=O) groups excluding carboxylic acids is 1. The summed E-state index contributed by atoms with van der Waals surface area (Å²) in [4.78, 5) is 19.3. The van der Waals surface area contributed by atoms with Crippen LogP contribution < -0.4 is 16.4 Å². The molecule has 0 bridgehead atoms. The van der Waals surface area contributed by atoms with Gasteiger partial charge < -0.3 is 21.5 Å². The first-order chi connectivity index (χ1) is 12.9. The number of nitrogens with two attached hydrogens (primary N) is 1. The van der Waals surface area contributed by atoms with E-state index < -0.39 is 0 Å². The third-order valence-corrected chi connectivity index (χ3v) is 4.07. The van der Waals surface area contributed by atoms with E-state index in [0.29, 0.717) is 24.7 Å². The van der Waals surface area contributed by atoms with Crippen molar-refractivity contribution in [3.63, 3.8) is 0 Å². The van der Waals surface area contributed by atoms with Crippen molar-refractivity contribution >= 4 is 12.2 Å². The number of hydrogen-bond donors (Lipinski definition) is 4. The van der Waals surface area contributed by atoms with E-state index in [1.165, 1.54) is 0 Å². The fourth-order valence-electron chi connectivity index (χ4n) is 2.68. The van der Waals surface area contributed by atoms with Crippen LogP contribution in [0.3, 0.4) is 0 Å². The molecule has 1 aromatic heterocycles. The van der Waals surface area contributed by atoms with Crippen molar-refractivity contribution in [1.29, 1.82) is 0 Å². The number of pyridine rings is 1. The predicted octanol–water partition coefficient (Wildman–Crippen LogP) is 2.04. The van der Waals surface area contributed by atoms with E-state index >= 15 is 0 Å². The van der Waals surface area contributed by atoms with Gasteiger partial charge in [-0.15, -0.1) is 0 Å². The molecule has 1 unspecified atom stereocenters. The highest BCUT2D eigenvalue weighted by molar-refractivity contribution is 5.74. The second-order valence-corrected chi connectivity index (χ2v) is 6.52. The van der Waals surface area contributed by atoms with Gasteiger partial charge in [-0.2, -0.15) is 0 Å². The Morgan fingerprint density at radius 2 is 2.19 bits per heavy atom. The molecule has 7 nitrogen and oxygen atoms in total. The summed E-state index contributed by atoms with van der Waals surface area (Å²) in [7, 11) is 0. The van der Waals surface area contributed by atoms with Crippen LogP contribution in [0.1, 0.15) is 31.7 Å². The summed E-state index contributed by atoms with van der Waals surface area (Å²) in [5.41, 5.74) is 9.37. The number of aromatic nitrogens is 1. The molecule has 0 fully saturated rings. The van der Waals surface area contributed by atoms with Gasteiger partial charge in [0.1, 0.15) is 11.4 Å². The summed E-state index contributed by atoms with van der Waals surface area (Å²) >= 11 is 0. The van der Waals surface area contributed by atoms with E-state index in [4.69, 9.17) is 5.73 Å². The molecule has 0 aromatic carbocycles.